The summed E-state index contributed by atoms with van der Waals surface area (Å²) in [6.45, 7) is 1.73. The van der Waals surface area contributed by atoms with E-state index in [2.05, 4.69) is 4.74 Å². The molecule has 0 radical (unpaired) electrons. The summed E-state index contributed by atoms with van der Waals surface area (Å²) in [6.07, 6.45) is 4.01. The van der Waals surface area contributed by atoms with E-state index in [9.17, 15) is 9.59 Å². The molecule has 1 aromatic rings. The highest BCUT2D eigenvalue weighted by atomic mass is 16.5. The van der Waals surface area contributed by atoms with Gasteiger partial charge in [0.2, 0.25) is 0 Å². The first kappa shape index (κ1) is 10.9. The van der Waals surface area contributed by atoms with Crippen molar-refractivity contribution in [1.29, 1.82) is 5.26 Å². The highest BCUT2D eigenvalue weighted by molar-refractivity contribution is 6.28. The number of imide groups is 1. The van der Waals surface area contributed by atoms with Crippen LogP contribution in [0, 0.1) is 18.4 Å². The molecule has 1 aliphatic rings. The van der Waals surface area contributed by atoms with Crippen LogP contribution in [0.5, 0.6) is 5.75 Å². The van der Waals surface area contributed by atoms with Gasteiger partial charge in [-0.15, -0.1) is 5.26 Å². The van der Waals surface area contributed by atoms with E-state index < -0.39 is 0 Å². The molecule has 2 amide bonds. The lowest BCUT2D eigenvalue weighted by molar-refractivity contribution is -0.119. The molecule has 0 fully saturated rings. The first-order valence-corrected chi connectivity index (χ1v) is 4.86. The van der Waals surface area contributed by atoms with Crippen molar-refractivity contribution in [3.05, 3.63) is 35.9 Å². The molecule has 0 aliphatic carbocycles. The van der Waals surface area contributed by atoms with Crippen LogP contribution in [0.2, 0.25) is 0 Å². The predicted molar refractivity (Wildman–Crippen MR) is 59.1 cm³/mol. The van der Waals surface area contributed by atoms with Crippen LogP contribution in [0.3, 0.4) is 0 Å². The van der Waals surface area contributed by atoms with Gasteiger partial charge in [-0.25, -0.2) is 4.90 Å². The van der Waals surface area contributed by atoms with Gasteiger partial charge in [-0.2, -0.15) is 0 Å². The van der Waals surface area contributed by atoms with E-state index in [0.717, 1.165) is 4.90 Å². The quantitative estimate of drug-likeness (QED) is 0.564. The van der Waals surface area contributed by atoms with Crippen LogP contribution in [-0.4, -0.2) is 11.8 Å². The number of nitrogens with zero attached hydrogens (tertiary/aromatic N) is 2. The van der Waals surface area contributed by atoms with E-state index in [4.69, 9.17) is 5.26 Å². The molecule has 2 rings (SSSR count). The summed E-state index contributed by atoms with van der Waals surface area (Å²) < 4.78 is 4.66. The van der Waals surface area contributed by atoms with Crippen LogP contribution in [0.25, 0.3) is 0 Å². The van der Waals surface area contributed by atoms with Crippen LogP contribution < -0.4 is 9.64 Å². The van der Waals surface area contributed by atoms with Crippen molar-refractivity contribution in [2.45, 2.75) is 6.92 Å². The zero-order valence-corrected chi connectivity index (χ0v) is 9.01. The van der Waals surface area contributed by atoms with Crippen LogP contribution in [-0.2, 0) is 9.59 Å². The second-order valence-corrected chi connectivity index (χ2v) is 3.49. The fourth-order valence-electron chi connectivity index (χ4n) is 1.63. The number of benzene rings is 1. The molecular formula is C12H8N2O3. The molecule has 1 heterocycles. The van der Waals surface area contributed by atoms with Gasteiger partial charge in [0.1, 0.15) is 5.75 Å². The summed E-state index contributed by atoms with van der Waals surface area (Å²) in [4.78, 5) is 24.0. The van der Waals surface area contributed by atoms with E-state index in [0.29, 0.717) is 17.0 Å². The highest BCUT2D eigenvalue weighted by Crippen LogP contribution is 2.26. The maximum absolute atomic E-state index is 11.5. The van der Waals surface area contributed by atoms with Crippen molar-refractivity contribution in [2.75, 3.05) is 4.90 Å². The molecule has 1 aliphatic heterocycles. The fourth-order valence-corrected chi connectivity index (χ4v) is 1.63. The molecule has 0 unspecified atom stereocenters. The molecule has 0 saturated heterocycles. The van der Waals surface area contributed by atoms with Crippen molar-refractivity contribution < 1.29 is 14.3 Å². The van der Waals surface area contributed by atoms with Gasteiger partial charge in [0, 0.05) is 12.2 Å². The Kier molecular flexibility index (Phi) is 2.63. The number of rotatable bonds is 2. The number of nitriles is 1. The van der Waals surface area contributed by atoms with Gasteiger partial charge in [-0.05, 0) is 30.7 Å². The Morgan fingerprint density at radius 3 is 2.41 bits per heavy atom. The Morgan fingerprint density at radius 2 is 1.88 bits per heavy atom. The summed E-state index contributed by atoms with van der Waals surface area (Å²) >= 11 is 0. The minimum atomic E-state index is -0.368. The van der Waals surface area contributed by atoms with Gasteiger partial charge in [0.15, 0.2) is 0 Å². The lowest BCUT2D eigenvalue weighted by Gasteiger charge is -2.16. The smallest absolute Gasteiger partial charge is 0.292 e. The minimum absolute atomic E-state index is 0.368. The van der Waals surface area contributed by atoms with Crippen LogP contribution >= 0.6 is 0 Å². The zero-order chi connectivity index (χ0) is 12.4. The maximum atomic E-state index is 11.5. The molecule has 0 bridgehead atoms. The molecule has 0 spiro atoms. The average molecular weight is 228 g/mol. The summed E-state index contributed by atoms with van der Waals surface area (Å²) in [5.41, 5.74) is 1.18. The van der Waals surface area contributed by atoms with E-state index in [-0.39, 0.29) is 11.8 Å². The van der Waals surface area contributed by atoms with Crippen molar-refractivity contribution in [3.63, 3.8) is 0 Å². The Bertz CT molecular complexity index is 552. The van der Waals surface area contributed by atoms with E-state index in [1.54, 1.807) is 25.3 Å². The third-order valence-corrected chi connectivity index (χ3v) is 2.38. The van der Waals surface area contributed by atoms with Crippen LogP contribution in [0.4, 0.5) is 5.69 Å². The zero-order valence-electron chi connectivity index (χ0n) is 9.01. The van der Waals surface area contributed by atoms with Gasteiger partial charge in [-0.1, -0.05) is 0 Å². The van der Waals surface area contributed by atoms with Crippen molar-refractivity contribution in [2.24, 2.45) is 0 Å². The van der Waals surface area contributed by atoms with Gasteiger partial charge in [-0.3, -0.25) is 9.59 Å². The highest BCUT2D eigenvalue weighted by Gasteiger charge is 2.26. The SMILES string of the molecule is Cc1cc(OC#N)ccc1N1C(=O)C=CC1=O. The molecule has 0 saturated carbocycles. The lowest BCUT2D eigenvalue weighted by atomic mass is 10.1. The Hall–Kier alpha value is -2.61. The molecule has 1 aromatic carbocycles. The molecule has 0 N–H and O–H groups in total. The number of carbonyl (C=O) groups excluding carboxylic acids is 2. The van der Waals surface area contributed by atoms with Gasteiger partial charge in [0.25, 0.3) is 18.1 Å². The second-order valence-electron chi connectivity index (χ2n) is 3.49. The molecule has 5 nitrogen and oxygen atoms in total. The Balaban J connectivity index is 2.38. The number of hydrogen-bond acceptors (Lipinski definition) is 4. The number of amides is 2. The fraction of sp³-hybridized carbons (Fsp3) is 0.0833. The van der Waals surface area contributed by atoms with E-state index in [1.807, 2.05) is 0 Å². The van der Waals surface area contributed by atoms with Crippen molar-refractivity contribution in [1.82, 2.24) is 0 Å². The second kappa shape index (κ2) is 4.10. The number of aryl methyl sites for hydroxylation is 1. The first-order valence-electron chi connectivity index (χ1n) is 4.86. The number of ether oxygens (including phenoxy) is 1. The molecule has 84 valence electrons. The molecule has 5 heteroatoms. The molecule has 0 atom stereocenters. The third kappa shape index (κ3) is 1.88. The summed E-state index contributed by atoms with van der Waals surface area (Å²) in [5.74, 6) is -0.361. The van der Waals surface area contributed by atoms with Crippen molar-refractivity contribution >= 4 is 17.5 Å². The largest absolute Gasteiger partial charge is 0.388 e. The molecule has 0 aromatic heterocycles. The third-order valence-electron chi connectivity index (χ3n) is 2.38. The molecule has 17 heavy (non-hydrogen) atoms. The molecular weight excluding hydrogens is 220 g/mol. The van der Waals surface area contributed by atoms with E-state index >= 15 is 0 Å². The normalized spacial score (nSPS) is 14.0. The Morgan fingerprint density at radius 1 is 1.24 bits per heavy atom. The Labute approximate surface area is 97.5 Å². The standard InChI is InChI=1S/C12H8N2O3/c1-8-6-9(17-7-13)2-3-10(8)14-11(15)4-5-12(14)16/h2-6H,1H3. The number of carbonyl (C=O) groups is 2. The monoisotopic (exact) mass is 228 g/mol. The predicted octanol–water partition coefficient (Wildman–Crippen LogP) is 1.28. The minimum Gasteiger partial charge on any atom is -0.388 e. The first-order chi connectivity index (χ1) is 8.13. The summed E-state index contributed by atoms with van der Waals surface area (Å²) in [5, 5.41) is 8.37. The van der Waals surface area contributed by atoms with Gasteiger partial charge >= 0.3 is 0 Å². The van der Waals surface area contributed by atoms with Crippen molar-refractivity contribution in [3.8, 4) is 12.0 Å². The van der Waals surface area contributed by atoms with Crippen LogP contribution in [0.15, 0.2) is 30.4 Å². The average Bonchev–Trinajstić information content (AvgIpc) is 2.60. The number of hydrogen-bond donors (Lipinski definition) is 0. The lowest BCUT2D eigenvalue weighted by Crippen LogP contribution is -2.30. The topological polar surface area (TPSA) is 70.4 Å². The maximum Gasteiger partial charge on any atom is 0.292 e. The summed E-state index contributed by atoms with van der Waals surface area (Å²) in [6, 6.07) is 4.70. The van der Waals surface area contributed by atoms with Gasteiger partial charge in [0.05, 0.1) is 5.69 Å². The number of anilines is 1. The van der Waals surface area contributed by atoms with Crippen LogP contribution in [0.1, 0.15) is 5.56 Å². The van der Waals surface area contributed by atoms with E-state index in [1.165, 1.54) is 18.2 Å². The van der Waals surface area contributed by atoms with Gasteiger partial charge < -0.3 is 4.74 Å². The summed E-state index contributed by atoms with van der Waals surface area (Å²) in [7, 11) is 0.